The zero-order chi connectivity index (χ0) is 23.8. The van der Waals surface area contributed by atoms with Crippen molar-refractivity contribution in [2.24, 2.45) is 0 Å². The number of hydrogen-bond acceptors (Lipinski definition) is 6. The van der Waals surface area contributed by atoms with Crippen LogP contribution in [0.15, 0.2) is 24.3 Å². The summed E-state index contributed by atoms with van der Waals surface area (Å²) in [6, 6.07) is 3.65. The number of hydrogen-bond donors (Lipinski definition) is 1. The van der Waals surface area contributed by atoms with E-state index in [2.05, 4.69) is 40.8 Å². The van der Waals surface area contributed by atoms with E-state index in [9.17, 15) is 5.11 Å². The van der Waals surface area contributed by atoms with Gasteiger partial charge in [0.1, 0.15) is 17.6 Å². The predicted molar refractivity (Wildman–Crippen MR) is 128 cm³/mol. The molecule has 0 aliphatic carbocycles. The van der Waals surface area contributed by atoms with Crippen LogP contribution in [0.3, 0.4) is 0 Å². The molecule has 2 atom stereocenters. The zero-order valence-electron chi connectivity index (χ0n) is 20.9. The molecule has 7 heteroatoms. The number of ether oxygens (including phenoxy) is 4. The zero-order valence-corrected chi connectivity index (χ0v) is 21.9. The van der Waals surface area contributed by atoms with Gasteiger partial charge in [0.2, 0.25) is 0 Å². The van der Waals surface area contributed by atoms with Crippen LogP contribution in [0.2, 0.25) is 18.1 Å². The first-order valence-corrected chi connectivity index (χ1v) is 13.6. The van der Waals surface area contributed by atoms with Gasteiger partial charge in [-0.3, -0.25) is 0 Å². The lowest BCUT2D eigenvalue weighted by Gasteiger charge is -2.38. The van der Waals surface area contributed by atoms with Gasteiger partial charge >= 0.3 is 0 Å². The molecular formula is C24H42O6Si. The molecule has 0 fully saturated rings. The summed E-state index contributed by atoms with van der Waals surface area (Å²) in [5.74, 6) is 1.21. The lowest BCUT2D eigenvalue weighted by molar-refractivity contribution is -0.100. The van der Waals surface area contributed by atoms with Crippen molar-refractivity contribution in [1.82, 2.24) is 0 Å². The lowest BCUT2D eigenvalue weighted by atomic mass is 9.97. The number of aliphatic hydroxyl groups excluding tert-OH is 1. The number of benzene rings is 1. The quantitative estimate of drug-likeness (QED) is 0.264. The summed E-state index contributed by atoms with van der Waals surface area (Å²) in [5.41, 5.74) is 1.52. The predicted octanol–water partition coefficient (Wildman–Crippen LogP) is 5.26. The summed E-state index contributed by atoms with van der Waals surface area (Å²) in [5, 5.41) is 11.2. The number of aliphatic hydroxyl groups is 1. The average molecular weight is 455 g/mol. The Bertz CT molecular complexity index is 707. The highest BCUT2D eigenvalue weighted by Gasteiger charge is 2.38. The van der Waals surface area contributed by atoms with E-state index in [4.69, 9.17) is 23.4 Å². The Morgan fingerprint density at radius 3 is 2.13 bits per heavy atom. The molecule has 0 aliphatic rings. The van der Waals surface area contributed by atoms with Crippen molar-refractivity contribution >= 4 is 8.32 Å². The van der Waals surface area contributed by atoms with Gasteiger partial charge in [0, 0.05) is 38.4 Å². The minimum Gasteiger partial charge on any atom is -0.497 e. The summed E-state index contributed by atoms with van der Waals surface area (Å²) in [7, 11) is 4.53. The Labute approximate surface area is 189 Å². The fourth-order valence-corrected chi connectivity index (χ4v) is 4.57. The van der Waals surface area contributed by atoms with E-state index in [0.717, 1.165) is 12.0 Å². The van der Waals surface area contributed by atoms with E-state index in [1.165, 1.54) is 0 Å². The van der Waals surface area contributed by atoms with Crippen LogP contribution < -0.4 is 9.47 Å². The van der Waals surface area contributed by atoms with E-state index in [1.807, 2.05) is 12.1 Å². The van der Waals surface area contributed by atoms with Crippen molar-refractivity contribution in [2.75, 3.05) is 28.4 Å². The lowest BCUT2D eigenvalue weighted by Crippen LogP contribution is -2.43. The van der Waals surface area contributed by atoms with Crippen molar-refractivity contribution in [3.8, 4) is 11.5 Å². The third-order valence-electron chi connectivity index (χ3n) is 5.95. The fraction of sp³-hybridized carbons (Fsp3) is 0.667. The molecule has 0 aromatic heterocycles. The smallest absolute Gasteiger partial charge is 0.192 e. The maximum atomic E-state index is 11.0. The molecule has 0 spiro atoms. The molecule has 1 unspecified atom stereocenters. The second-order valence-electron chi connectivity index (χ2n) is 9.31. The second-order valence-corrected chi connectivity index (χ2v) is 14.1. The van der Waals surface area contributed by atoms with E-state index in [1.54, 1.807) is 40.6 Å². The van der Waals surface area contributed by atoms with Gasteiger partial charge in [0.05, 0.1) is 14.2 Å². The van der Waals surface area contributed by atoms with Gasteiger partial charge in [-0.2, -0.15) is 0 Å². The van der Waals surface area contributed by atoms with Crippen LogP contribution in [0.5, 0.6) is 11.5 Å². The van der Waals surface area contributed by atoms with Crippen molar-refractivity contribution < 1.29 is 28.5 Å². The topological polar surface area (TPSA) is 66.4 Å². The molecule has 0 saturated heterocycles. The molecule has 1 rings (SSSR count). The monoisotopic (exact) mass is 454 g/mol. The van der Waals surface area contributed by atoms with Gasteiger partial charge in [-0.1, -0.05) is 32.9 Å². The minimum atomic E-state index is -1.83. The molecule has 0 amide bonds. The summed E-state index contributed by atoms with van der Waals surface area (Å²) in [6.45, 7) is 13.3. The largest absolute Gasteiger partial charge is 0.497 e. The Morgan fingerprint density at radius 2 is 1.65 bits per heavy atom. The molecule has 6 nitrogen and oxygen atoms in total. The van der Waals surface area contributed by atoms with Crippen LogP contribution in [0, 0.1) is 0 Å². The van der Waals surface area contributed by atoms with Gasteiger partial charge < -0.3 is 28.5 Å². The molecule has 0 bridgehead atoms. The normalized spacial score (nSPS) is 14.8. The molecule has 0 heterocycles. The molecule has 0 aliphatic heterocycles. The van der Waals surface area contributed by atoms with Gasteiger partial charge in [0.15, 0.2) is 14.6 Å². The summed E-state index contributed by atoms with van der Waals surface area (Å²) in [6.07, 6.45) is 3.72. The first-order valence-electron chi connectivity index (χ1n) is 10.7. The highest BCUT2D eigenvalue weighted by molar-refractivity contribution is 6.74. The highest BCUT2D eigenvalue weighted by Crippen LogP contribution is 2.38. The van der Waals surface area contributed by atoms with Crippen LogP contribution in [0.25, 0.3) is 0 Å². The van der Waals surface area contributed by atoms with Gasteiger partial charge in [-0.05, 0) is 43.1 Å². The molecule has 1 aromatic rings. The van der Waals surface area contributed by atoms with Crippen LogP contribution in [-0.2, 0) is 20.3 Å². The van der Waals surface area contributed by atoms with Gasteiger partial charge in [-0.15, -0.1) is 0 Å². The summed E-state index contributed by atoms with van der Waals surface area (Å²) < 4.78 is 28.1. The van der Waals surface area contributed by atoms with E-state index in [-0.39, 0.29) is 11.1 Å². The Balaban J connectivity index is 3.06. The van der Waals surface area contributed by atoms with E-state index >= 15 is 0 Å². The third-order valence-corrected chi connectivity index (χ3v) is 10.6. The van der Waals surface area contributed by atoms with Crippen molar-refractivity contribution in [2.45, 2.75) is 77.2 Å². The fourth-order valence-electron chi connectivity index (χ4n) is 3.11. The second kappa shape index (κ2) is 12.0. The van der Waals surface area contributed by atoms with Gasteiger partial charge in [-0.25, -0.2) is 0 Å². The van der Waals surface area contributed by atoms with Crippen molar-refractivity contribution in [3.05, 3.63) is 35.4 Å². The standard InChI is InChI=1S/C24H42O6Si/c1-17(30-31(9,10)24(2,3)4)12-11-13-20(25)23-18(15-22(28-7)29-8)14-19(26-5)16-21(23)27-6/h11,13-14,16-17,20,22,25H,12,15H2,1-10H3/b13-11+/t17-,20?/m1/s1. The molecule has 0 saturated carbocycles. The molecular weight excluding hydrogens is 412 g/mol. The van der Waals surface area contributed by atoms with Crippen LogP contribution >= 0.6 is 0 Å². The van der Waals surface area contributed by atoms with Crippen LogP contribution in [-0.4, -0.2) is 54.3 Å². The Hall–Kier alpha value is -1.38. The maximum absolute atomic E-state index is 11.0. The van der Waals surface area contributed by atoms with Crippen molar-refractivity contribution in [1.29, 1.82) is 0 Å². The van der Waals surface area contributed by atoms with E-state index in [0.29, 0.717) is 23.5 Å². The maximum Gasteiger partial charge on any atom is 0.192 e. The first kappa shape index (κ1) is 27.7. The molecule has 1 N–H and O–H groups in total. The van der Waals surface area contributed by atoms with Crippen LogP contribution in [0.1, 0.15) is 51.3 Å². The SMILES string of the molecule is COc1cc(CC(OC)OC)c(C(O)/C=C/C[C@@H](C)O[Si](C)(C)C(C)(C)C)c(OC)c1. The first-order chi connectivity index (χ1) is 14.4. The van der Waals surface area contributed by atoms with Crippen molar-refractivity contribution in [3.63, 3.8) is 0 Å². The molecule has 178 valence electrons. The number of rotatable bonds is 12. The van der Waals surface area contributed by atoms with Gasteiger partial charge in [0.25, 0.3) is 0 Å². The molecule has 0 radical (unpaired) electrons. The third kappa shape index (κ3) is 7.91. The number of methoxy groups -OCH3 is 4. The minimum absolute atomic E-state index is 0.0768. The summed E-state index contributed by atoms with van der Waals surface area (Å²) in [4.78, 5) is 0. The van der Waals surface area contributed by atoms with E-state index < -0.39 is 20.7 Å². The molecule has 31 heavy (non-hydrogen) atoms. The Morgan fingerprint density at radius 1 is 1.03 bits per heavy atom. The Kier molecular flexibility index (Phi) is 10.7. The summed E-state index contributed by atoms with van der Waals surface area (Å²) >= 11 is 0. The van der Waals surface area contributed by atoms with Crippen LogP contribution in [0.4, 0.5) is 0 Å². The average Bonchev–Trinajstić information content (AvgIpc) is 2.69. The highest BCUT2D eigenvalue weighted by atomic mass is 28.4. The molecule has 1 aromatic carbocycles.